The molecule has 0 heterocycles. The molecule has 0 aliphatic rings. The van der Waals surface area contributed by atoms with Gasteiger partial charge < -0.3 is 4.90 Å². The van der Waals surface area contributed by atoms with Crippen molar-refractivity contribution in [2.45, 2.75) is 6.42 Å². The van der Waals surface area contributed by atoms with Gasteiger partial charge in [0.15, 0.2) is 0 Å². The predicted molar refractivity (Wildman–Crippen MR) is 92.6 cm³/mol. The summed E-state index contributed by atoms with van der Waals surface area (Å²) in [4.78, 5) is 2.05. The Labute approximate surface area is 135 Å². The smallest absolute Gasteiger partial charge is 0.0640 e. The van der Waals surface area contributed by atoms with E-state index in [1.165, 1.54) is 0 Å². The first-order valence-electron chi connectivity index (χ1n) is 6.92. The Hall–Kier alpha value is -2.51. The Morgan fingerprint density at radius 2 is 1.86 bits per heavy atom. The van der Waals surface area contributed by atoms with E-state index >= 15 is 0 Å². The van der Waals surface area contributed by atoms with Crippen molar-refractivity contribution in [2.24, 2.45) is 5.10 Å². The summed E-state index contributed by atoms with van der Waals surface area (Å²) in [5.74, 6) is 0. The van der Waals surface area contributed by atoms with Crippen molar-refractivity contribution in [2.75, 3.05) is 23.9 Å². The highest BCUT2D eigenvalue weighted by atomic mass is 35.5. The first-order valence-corrected chi connectivity index (χ1v) is 7.29. The van der Waals surface area contributed by atoms with Crippen molar-refractivity contribution in [1.82, 2.24) is 0 Å². The lowest BCUT2D eigenvalue weighted by molar-refractivity contribution is 0.905. The number of rotatable bonds is 6. The summed E-state index contributed by atoms with van der Waals surface area (Å²) in [7, 11) is 1.97. The minimum absolute atomic E-state index is 0.519. The van der Waals surface area contributed by atoms with E-state index < -0.39 is 0 Å². The van der Waals surface area contributed by atoms with Crippen LogP contribution in [0, 0.1) is 11.3 Å². The van der Waals surface area contributed by atoms with Crippen LogP contribution in [0.2, 0.25) is 5.02 Å². The van der Waals surface area contributed by atoms with Gasteiger partial charge in [0.05, 0.1) is 24.4 Å². The van der Waals surface area contributed by atoms with Gasteiger partial charge >= 0.3 is 0 Å². The molecule has 5 heteroatoms. The van der Waals surface area contributed by atoms with E-state index in [1.807, 2.05) is 55.6 Å². The van der Waals surface area contributed by atoms with Crippen molar-refractivity contribution in [3.8, 4) is 6.07 Å². The molecular weight excluding hydrogens is 296 g/mol. The third kappa shape index (κ3) is 4.80. The molecule has 0 spiro atoms. The van der Waals surface area contributed by atoms with Gasteiger partial charge in [-0.1, -0.05) is 23.7 Å². The molecule has 0 aromatic heterocycles. The molecule has 0 atom stereocenters. The highest BCUT2D eigenvalue weighted by molar-refractivity contribution is 6.30. The van der Waals surface area contributed by atoms with Crippen LogP contribution in [0.3, 0.4) is 0 Å². The lowest BCUT2D eigenvalue weighted by Gasteiger charge is -2.17. The van der Waals surface area contributed by atoms with Gasteiger partial charge in [0, 0.05) is 24.3 Å². The van der Waals surface area contributed by atoms with Gasteiger partial charge in [-0.05, 0) is 42.0 Å². The van der Waals surface area contributed by atoms with Crippen molar-refractivity contribution >= 4 is 29.2 Å². The molecule has 2 rings (SSSR count). The summed E-state index contributed by atoms with van der Waals surface area (Å²) >= 11 is 5.83. The van der Waals surface area contributed by atoms with Crippen LogP contribution < -0.4 is 10.3 Å². The van der Waals surface area contributed by atoms with Crippen LogP contribution in [0.15, 0.2) is 53.6 Å². The van der Waals surface area contributed by atoms with Crippen molar-refractivity contribution < 1.29 is 0 Å². The van der Waals surface area contributed by atoms with Crippen LogP contribution >= 0.6 is 11.6 Å². The average Bonchev–Trinajstić information content (AvgIpc) is 2.55. The second-order valence-electron chi connectivity index (χ2n) is 4.80. The number of hydrogen-bond donors (Lipinski definition) is 1. The summed E-state index contributed by atoms with van der Waals surface area (Å²) in [6.07, 6.45) is 2.28. The number of hydrazone groups is 1. The summed E-state index contributed by atoms with van der Waals surface area (Å²) < 4.78 is 0. The quantitative estimate of drug-likeness (QED) is 0.644. The van der Waals surface area contributed by atoms with Crippen LogP contribution in [0.5, 0.6) is 0 Å². The summed E-state index contributed by atoms with van der Waals surface area (Å²) in [5, 5.41) is 13.5. The Balaban J connectivity index is 1.92. The highest BCUT2D eigenvalue weighted by Crippen LogP contribution is 2.14. The fourth-order valence-electron chi connectivity index (χ4n) is 1.87. The summed E-state index contributed by atoms with van der Waals surface area (Å²) in [6.45, 7) is 0.724. The van der Waals surface area contributed by atoms with Gasteiger partial charge in [-0.15, -0.1) is 0 Å². The lowest BCUT2D eigenvalue weighted by atomic mass is 10.2. The molecule has 112 valence electrons. The van der Waals surface area contributed by atoms with Gasteiger partial charge in [0.25, 0.3) is 0 Å². The number of nitrogens with zero attached hydrogens (tertiary/aromatic N) is 3. The van der Waals surface area contributed by atoms with Gasteiger partial charge in [0.2, 0.25) is 0 Å². The lowest BCUT2D eigenvalue weighted by Crippen LogP contribution is -2.17. The molecule has 1 N–H and O–H groups in total. The molecule has 4 nitrogen and oxygen atoms in total. The van der Waals surface area contributed by atoms with Gasteiger partial charge in [0.1, 0.15) is 0 Å². The molecule has 22 heavy (non-hydrogen) atoms. The molecule has 2 aromatic rings. The minimum Gasteiger partial charge on any atom is -0.374 e. The van der Waals surface area contributed by atoms with E-state index in [1.54, 1.807) is 6.21 Å². The number of halogens is 1. The molecule has 0 fully saturated rings. The maximum atomic E-state index is 8.60. The fourth-order valence-corrected chi connectivity index (χ4v) is 1.99. The molecule has 0 aliphatic carbocycles. The maximum absolute atomic E-state index is 8.60. The SMILES string of the molecule is CN(CCC#N)c1ccc(/C=N\Nc2ccc(Cl)cc2)cc1. The minimum atomic E-state index is 0.519. The first kappa shape index (κ1) is 15.9. The van der Waals surface area contributed by atoms with E-state index in [2.05, 4.69) is 21.5 Å². The predicted octanol–water partition coefficient (Wildman–Crippen LogP) is 4.14. The fraction of sp³-hybridized carbons (Fsp3) is 0.176. The second-order valence-corrected chi connectivity index (χ2v) is 5.23. The monoisotopic (exact) mass is 312 g/mol. The molecule has 0 aliphatic heterocycles. The van der Waals surface area contributed by atoms with Crippen LogP contribution in [-0.2, 0) is 0 Å². The zero-order valence-electron chi connectivity index (χ0n) is 12.3. The average molecular weight is 313 g/mol. The Bertz CT molecular complexity index is 657. The van der Waals surface area contributed by atoms with Crippen molar-refractivity contribution in [1.29, 1.82) is 5.26 Å². The van der Waals surface area contributed by atoms with Gasteiger partial charge in [-0.2, -0.15) is 10.4 Å². The van der Waals surface area contributed by atoms with Crippen molar-refractivity contribution in [3.63, 3.8) is 0 Å². The van der Waals surface area contributed by atoms with Crippen LogP contribution in [0.1, 0.15) is 12.0 Å². The zero-order chi connectivity index (χ0) is 15.8. The molecule has 2 aromatic carbocycles. The van der Waals surface area contributed by atoms with Gasteiger partial charge in [-0.25, -0.2) is 0 Å². The molecule has 0 bridgehead atoms. The van der Waals surface area contributed by atoms with Crippen LogP contribution in [-0.4, -0.2) is 19.8 Å². The van der Waals surface area contributed by atoms with Crippen LogP contribution in [0.4, 0.5) is 11.4 Å². The largest absolute Gasteiger partial charge is 0.374 e. The molecule has 0 amide bonds. The second kappa shape index (κ2) is 8.06. The zero-order valence-corrected chi connectivity index (χ0v) is 13.1. The van der Waals surface area contributed by atoms with E-state index in [4.69, 9.17) is 16.9 Å². The molecule has 0 radical (unpaired) electrons. The number of benzene rings is 2. The number of nitrogens with one attached hydrogen (secondary N) is 1. The summed E-state index contributed by atoms with van der Waals surface area (Å²) in [5.41, 5.74) is 5.91. The Kier molecular flexibility index (Phi) is 5.81. The first-order chi connectivity index (χ1) is 10.7. The normalized spacial score (nSPS) is 10.4. The number of hydrogen-bond acceptors (Lipinski definition) is 4. The molecular formula is C17H17ClN4. The van der Waals surface area contributed by atoms with E-state index in [-0.39, 0.29) is 0 Å². The number of anilines is 2. The van der Waals surface area contributed by atoms with E-state index in [0.29, 0.717) is 11.4 Å². The van der Waals surface area contributed by atoms with E-state index in [0.717, 1.165) is 23.5 Å². The Morgan fingerprint density at radius 3 is 2.50 bits per heavy atom. The number of nitriles is 1. The highest BCUT2D eigenvalue weighted by Gasteiger charge is 1.99. The van der Waals surface area contributed by atoms with E-state index in [9.17, 15) is 0 Å². The third-order valence-corrected chi connectivity index (χ3v) is 3.40. The van der Waals surface area contributed by atoms with Crippen molar-refractivity contribution in [3.05, 3.63) is 59.1 Å². The summed E-state index contributed by atoms with van der Waals surface area (Å²) in [6, 6.07) is 17.5. The standard InChI is InChI=1S/C17H17ClN4/c1-22(12-2-11-19)17-9-3-14(4-10-17)13-20-21-16-7-5-15(18)6-8-16/h3-10,13,21H,2,12H2,1H3/b20-13-. The van der Waals surface area contributed by atoms with Crippen LogP contribution in [0.25, 0.3) is 0 Å². The maximum Gasteiger partial charge on any atom is 0.0640 e. The third-order valence-electron chi connectivity index (χ3n) is 3.14. The molecule has 0 unspecified atom stereocenters. The molecule has 0 saturated heterocycles. The molecule has 0 saturated carbocycles. The van der Waals surface area contributed by atoms with Gasteiger partial charge in [-0.3, -0.25) is 5.43 Å². The topological polar surface area (TPSA) is 51.4 Å². The Morgan fingerprint density at radius 1 is 1.18 bits per heavy atom.